The highest BCUT2D eigenvalue weighted by Crippen LogP contribution is 2.30. The third-order valence-electron chi connectivity index (χ3n) is 5.70. The quantitative estimate of drug-likeness (QED) is 0.293. The molecule has 0 radical (unpaired) electrons. The van der Waals surface area contributed by atoms with Crippen molar-refractivity contribution in [2.75, 3.05) is 6.61 Å². The summed E-state index contributed by atoms with van der Waals surface area (Å²) in [4.78, 5) is 45.6. The maximum Gasteiger partial charge on any atom is 0.308 e. The number of carbonyl (C=O) groups is 2. The van der Waals surface area contributed by atoms with E-state index in [-0.39, 0.29) is 30.9 Å². The van der Waals surface area contributed by atoms with Gasteiger partial charge in [-0.1, -0.05) is 60.7 Å². The monoisotopic (exact) mass is 451 g/mol. The minimum absolute atomic E-state index is 0.0490. The average molecular weight is 451 g/mol. The molecule has 5 rings (SSSR count). The summed E-state index contributed by atoms with van der Waals surface area (Å²) in [7, 11) is 0. The largest absolute Gasteiger partial charge is 0.457 e. The summed E-state index contributed by atoms with van der Waals surface area (Å²) in [6, 6.07) is 24.1. The Kier molecular flexibility index (Phi) is 5.74. The number of aromatic amines is 1. The number of benzene rings is 3. The van der Waals surface area contributed by atoms with E-state index >= 15 is 0 Å². The topological polar surface area (TPSA) is 94.0 Å². The van der Waals surface area contributed by atoms with Gasteiger partial charge in [-0.15, -0.1) is 0 Å². The molecule has 0 bridgehead atoms. The van der Waals surface area contributed by atoms with Crippen LogP contribution in [-0.2, 0) is 16.1 Å². The lowest BCUT2D eigenvalue weighted by molar-refractivity contribution is -0.142. The first kappa shape index (κ1) is 21.3. The number of esters is 1. The number of ketones is 1. The fraction of sp³-hybridized carbons (Fsp3) is 0.111. The molecular weight excluding hydrogens is 430 g/mol. The highest BCUT2D eigenvalue weighted by atomic mass is 16.5. The molecule has 2 heterocycles. The first-order valence-electron chi connectivity index (χ1n) is 10.9. The van der Waals surface area contributed by atoms with Gasteiger partial charge in [0.1, 0.15) is 0 Å². The van der Waals surface area contributed by atoms with Crippen LogP contribution in [0.5, 0.6) is 0 Å². The number of ether oxygens (including phenoxy) is 1. The zero-order valence-corrected chi connectivity index (χ0v) is 18.2. The number of aromatic nitrogens is 3. The second-order valence-corrected chi connectivity index (χ2v) is 7.88. The number of fused-ring (bicyclic) bond motifs is 2. The van der Waals surface area contributed by atoms with Gasteiger partial charge in [-0.25, -0.2) is 4.98 Å². The Labute approximate surface area is 194 Å². The van der Waals surface area contributed by atoms with Crippen molar-refractivity contribution in [1.29, 1.82) is 0 Å². The number of H-pyrrole nitrogens is 1. The molecule has 0 spiro atoms. The van der Waals surface area contributed by atoms with E-state index < -0.39 is 5.97 Å². The van der Waals surface area contributed by atoms with Crippen molar-refractivity contribution in [3.05, 3.63) is 101 Å². The number of rotatable bonds is 7. The minimum Gasteiger partial charge on any atom is -0.457 e. The van der Waals surface area contributed by atoms with Gasteiger partial charge in [0.2, 0.25) is 5.78 Å². The van der Waals surface area contributed by atoms with Crippen LogP contribution in [0.3, 0.4) is 0 Å². The normalized spacial score (nSPS) is 11.1. The second-order valence-electron chi connectivity index (χ2n) is 7.88. The predicted octanol–water partition coefficient (Wildman–Crippen LogP) is 4.36. The first-order valence-corrected chi connectivity index (χ1v) is 10.9. The summed E-state index contributed by atoms with van der Waals surface area (Å²) in [5.74, 6) is -0.858. The van der Waals surface area contributed by atoms with E-state index in [4.69, 9.17) is 4.74 Å². The Hall–Kier alpha value is -4.52. The molecule has 7 nitrogen and oxygen atoms in total. The van der Waals surface area contributed by atoms with E-state index in [1.54, 1.807) is 18.2 Å². The number of hydrogen-bond acceptors (Lipinski definition) is 5. The molecule has 0 unspecified atom stereocenters. The van der Waals surface area contributed by atoms with Gasteiger partial charge in [-0.05, 0) is 23.8 Å². The third-order valence-corrected chi connectivity index (χ3v) is 5.70. The van der Waals surface area contributed by atoms with Crippen LogP contribution in [0.1, 0.15) is 16.8 Å². The van der Waals surface area contributed by atoms with E-state index in [9.17, 15) is 14.4 Å². The van der Waals surface area contributed by atoms with E-state index in [0.29, 0.717) is 22.2 Å². The number of carbonyl (C=O) groups excluding carboxylic acids is 2. The number of nitrogens with zero attached hydrogens (tertiary/aromatic N) is 2. The smallest absolute Gasteiger partial charge is 0.308 e. The van der Waals surface area contributed by atoms with Crippen molar-refractivity contribution >= 4 is 33.6 Å². The maximum atomic E-state index is 13.1. The second kappa shape index (κ2) is 9.15. The van der Waals surface area contributed by atoms with Crippen molar-refractivity contribution in [2.24, 2.45) is 0 Å². The number of Topliss-reactive ketones (excluding diaryl/α,β-unsaturated/α-hetero) is 1. The van der Waals surface area contributed by atoms with Crippen LogP contribution in [0.15, 0.2) is 90.0 Å². The molecule has 5 aromatic rings. The van der Waals surface area contributed by atoms with Crippen molar-refractivity contribution in [3.63, 3.8) is 0 Å². The molecular formula is C27H21N3O4. The van der Waals surface area contributed by atoms with E-state index in [1.165, 1.54) is 10.9 Å². The molecule has 1 N–H and O–H groups in total. The Bertz CT molecular complexity index is 1570. The molecule has 168 valence electrons. The van der Waals surface area contributed by atoms with Gasteiger partial charge in [-0.2, -0.15) is 0 Å². The van der Waals surface area contributed by atoms with Gasteiger partial charge < -0.3 is 9.72 Å². The lowest BCUT2D eigenvalue weighted by atomic mass is 10.0. The Morgan fingerprint density at radius 1 is 0.882 bits per heavy atom. The van der Waals surface area contributed by atoms with Crippen LogP contribution in [0.25, 0.3) is 33.1 Å². The van der Waals surface area contributed by atoms with Crippen LogP contribution in [0.2, 0.25) is 0 Å². The Morgan fingerprint density at radius 2 is 1.59 bits per heavy atom. The van der Waals surface area contributed by atoms with Gasteiger partial charge in [0.05, 0.1) is 34.9 Å². The van der Waals surface area contributed by atoms with Crippen molar-refractivity contribution in [1.82, 2.24) is 14.5 Å². The Morgan fingerprint density at radius 3 is 2.41 bits per heavy atom. The molecule has 0 aliphatic carbocycles. The molecule has 2 aromatic heterocycles. The molecule has 7 heteroatoms. The number of hydrogen-bond donors (Lipinski definition) is 1. The van der Waals surface area contributed by atoms with Crippen molar-refractivity contribution < 1.29 is 14.3 Å². The number of aryl methyl sites for hydroxylation is 1. The molecule has 0 saturated carbocycles. The summed E-state index contributed by atoms with van der Waals surface area (Å²) in [6.45, 7) is -0.266. The van der Waals surface area contributed by atoms with Crippen LogP contribution >= 0.6 is 0 Å². The van der Waals surface area contributed by atoms with Crippen molar-refractivity contribution in [2.45, 2.75) is 13.0 Å². The number of para-hydroxylation sites is 2. The summed E-state index contributed by atoms with van der Waals surface area (Å²) in [6.07, 6.45) is 1.37. The SMILES string of the molecule is O=C(CCn1cnc2ccccc2c1=O)OCC(=O)c1c(-c2ccccc2)[nH]c2ccccc12. The van der Waals surface area contributed by atoms with Gasteiger partial charge in [0.25, 0.3) is 5.56 Å². The molecule has 34 heavy (non-hydrogen) atoms. The summed E-state index contributed by atoms with van der Waals surface area (Å²) in [5.41, 5.74) is 3.27. The molecule has 0 aliphatic rings. The molecule has 0 fully saturated rings. The van der Waals surface area contributed by atoms with Gasteiger partial charge in [0.15, 0.2) is 6.61 Å². The van der Waals surface area contributed by atoms with E-state index in [1.807, 2.05) is 60.7 Å². The van der Waals surface area contributed by atoms with Crippen LogP contribution in [0.4, 0.5) is 0 Å². The van der Waals surface area contributed by atoms with Gasteiger partial charge in [-0.3, -0.25) is 19.0 Å². The fourth-order valence-corrected chi connectivity index (χ4v) is 4.02. The van der Waals surface area contributed by atoms with Crippen molar-refractivity contribution in [3.8, 4) is 11.3 Å². The lowest BCUT2D eigenvalue weighted by Crippen LogP contribution is -2.23. The molecule has 0 atom stereocenters. The van der Waals surface area contributed by atoms with E-state index in [0.717, 1.165) is 16.5 Å². The predicted molar refractivity (Wildman–Crippen MR) is 130 cm³/mol. The van der Waals surface area contributed by atoms with Crippen LogP contribution in [0, 0.1) is 0 Å². The zero-order valence-electron chi connectivity index (χ0n) is 18.2. The fourth-order valence-electron chi connectivity index (χ4n) is 4.02. The van der Waals surface area contributed by atoms with E-state index in [2.05, 4.69) is 9.97 Å². The zero-order chi connectivity index (χ0) is 23.5. The van der Waals surface area contributed by atoms with Crippen LogP contribution in [-0.4, -0.2) is 32.9 Å². The summed E-state index contributed by atoms with van der Waals surface area (Å²) in [5, 5.41) is 1.26. The summed E-state index contributed by atoms with van der Waals surface area (Å²) >= 11 is 0. The standard InChI is InChI=1S/C27H21N3O4/c31-23(25-19-10-4-7-13-22(19)29-26(25)18-8-2-1-3-9-18)16-34-24(32)14-15-30-17-28-21-12-6-5-11-20(21)27(30)33/h1-13,17,29H,14-16H2. The Balaban J connectivity index is 1.30. The highest BCUT2D eigenvalue weighted by Gasteiger charge is 2.20. The molecule has 0 saturated heterocycles. The summed E-state index contributed by atoms with van der Waals surface area (Å²) < 4.78 is 6.65. The lowest BCUT2D eigenvalue weighted by Gasteiger charge is -2.08. The molecule has 3 aromatic carbocycles. The van der Waals surface area contributed by atoms with Crippen LogP contribution < -0.4 is 5.56 Å². The molecule has 0 aliphatic heterocycles. The van der Waals surface area contributed by atoms with Gasteiger partial charge in [0, 0.05) is 17.4 Å². The van der Waals surface area contributed by atoms with Gasteiger partial charge >= 0.3 is 5.97 Å². The third kappa shape index (κ3) is 4.11. The minimum atomic E-state index is -0.561. The maximum absolute atomic E-state index is 13.1. The molecule has 0 amide bonds. The first-order chi connectivity index (χ1) is 16.6. The average Bonchev–Trinajstić information content (AvgIpc) is 3.27. The number of nitrogens with one attached hydrogen (secondary N) is 1. The highest BCUT2D eigenvalue weighted by molar-refractivity contribution is 6.14.